The molecule has 0 aromatic heterocycles. The van der Waals surface area contributed by atoms with Crippen molar-refractivity contribution in [2.75, 3.05) is 26.4 Å². The Morgan fingerprint density at radius 1 is 0.323 bits per heavy atom. The van der Waals surface area contributed by atoms with E-state index in [1.807, 2.05) is 0 Å². The van der Waals surface area contributed by atoms with Gasteiger partial charge in [0, 0.05) is 19.4 Å². The van der Waals surface area contributed by atoms with Gasteiger partial charge in [0.15, 0.2) is 6.10 Å². The Balaban J connectivity index is 3.82. The lowest BCUT2D eigenvalue weighted by molar-refractivity contribution is -0.161. The third-order valence-electron chi connectivity index (χ3n) is 17.9. The van der Waals surface area contributed by atoms with Crippen LogP contribution in [0.15, 0.2) is 109 Å². The number of unbranched alkanes of at least 4 members (excludes halogenated alkanes) is 46. The number of ether oxygens (including phenoxy) is 2. The van der Waals surface area contributed by atoms with Crippen molar-refractivity contribution in [3.63, 3.8) is 0 Å². The minimum atomic E-state index is -4.41. The van der Waals surface area contributed by atoms with Gasteiger partial charge in [-0.1, -0.05) is 406 Å². The number of hydrogen-bond donors (Lipinski definition) is 2. The Hall–Kier alpha value is -3.33. The van der Waals surface area contributed by atoms with Gasteiger partial charge in [-0.05, 0) is 83.5 Å². The van der Waals surface area contributed by atoms with Crippen LogP contribution in [0.2, 0.25) is 0 Å². The minimum Gasteiger partial charge on any atom is -0.462 e. The smallest absolute Gasteiger partial charge is 0.462 e. The zero-order valence-corrected chi connectivity index (χ0v) is 63.7. The number of hydrogen-bond acceptors (Lipinski definition) is 8. The largest absolute Gasteiger partial charge is 0.472 e. The van der Waals surface area contributed by atoms with Crippen LogP contribution >= 0.6 is 7.82 Å². The molecule has 96 heavy (non-hydrogen) atoms. The maximum Gasteiger partial charge on any atom is 0.472 e. The Bertz CT molecular complexity index is 1950. The Kier molecular flexibility index (Phi) is 77.8. The molecule has 2 unspecified atom stereocenters. The first-order chi connectivity index (χ1) is 47.3. The van der Waals surface area contributed by atoms with Crippen LogP contribution in [0.4, 0.5) is 0 Å². The van der Waals surface area contributed by atoms with Crippen LogP contribution in [0.5, 0.6) is 0 Å². The van der Waals surface area contributed by atoms with Gasteiger partial charge in [-0.2, -0.15) is 0 Å². The molecule has 0 aliphatic rings. The number of rotatable bonds is 77. The normalized spacial score (nSPS) is 13.4. The van der Waals surface area contributed by atoms with E-state index in [0.29, 0.717) is 6.42 Å². The summed E-state index contributed by atoms with van der Waals surface area (Å²) in [6, 6.07) is 0. The number of carbonyl (C=O) groups is 2. The third-order valence-corrected chi connectivity index (χ3v) is 18.9. The molecule has 0 fully saturated rings. The molecule has 0 aromatic rings. The highest BCUT2D eigenvalue weighted by Crippen LogP contribution is 2.43. The molecule has 0 radical (unpaired) electrons. The number of allylic oxidation sites excluding steroid dienone is 18. The van der Waals surface area contributed by atoms with Crippen LogP contribution in [-0.4, -0.2) is 49.3 Å². The summed E-state index contributed by atoms with van der Waals surface area (Å²) < 4.78 is 33.3. The lowest BCUT2D eigenvalue weighted by Crippen LogP contribution is -2.29. The van der Waals surface area contributed by atoms with Gasteiger partial charge in [0.2, 0.25) is 0 Å². The monoisotopic (exact) mass is 1360 g/mol. The Morgan fingerprint density at radius 2 is 0.573 bits per heavy atom. The van der Waals surface area contributed by atoms with E-state index in [1.165, 1.54) is 257 Å². The van der Waals surface area contributed by atoms with Crippen molar-refractivity contribution < 1.29 is 37.6 Å². The molecule has 9 nitrogen and oxygen atoms in total. The van der Waals surface area contributed by atoms with Gasteiger partial charge in [-0.25, -0.2) is 4.57 Å². The second-order valence-corrected chi connectivity index (χ2v) is 28.7. The van der Waals surface area contributed by atoms with Crippen molar-refractivity contribution in [2.45, 2.75) is 399 Å². The lowest BCUT2D eigenvalue weighted by Gasteiger charge is -2.19. The highest BCUT2D eigenvalue weighted by molar-refractivity contribution is 7.47. The van der Waals surface area contributed by atoms with Gasteiger partial charge in [0.05, 0.1) is 13.2 Å². The first-order valence-corrected chi connectivity index (χ1v) is 42.4. The predicted octanol–water partition coefficient (Wildman–Crippen LogP) is 27.6. The number of phosphoric ester groups is 1. The SMILES string of the molecule is CC/C=C\C/C=C\C/C=C\C/C=C\C/C=C\C/C=C\C/C=C\C/C=C\C/C=C\CCCCCCCCCC(=O)OC(COC(=O)CCCCCCCCCCCCCCCCCCCCCCCCCCCCCCCCCCCCCCCCCC)COP(=O)(O)OCCN. The molecule has 0 heterocycles. The Morgan fingerprint density at radius 3 is 0.854 bits per heavy atom. The molecule has 0 rings (SSSR count). The third kappa shape index (κ3) is 79.7. The van der Waals surface area contributed by atoms with Crippen molar-refractivity contribution >= 4 is 19.8 Å². The van der Waals surface area contributed by atoms with E-state index in [4.69, 9.17) is 24.3 Å². The zero-order chi connectivity index (χ0) is 69.3. The van der Waals surface area contributed by atoms with E-state index in [0.717, 1.165) is 103 Å². The van der Waals surface area contributed by atoms with Crippen molar-refractivity contribution in [1.29, 1.82) is 0 Å². The van der Waals surface area contributed by atoms with Crippen molar-refractivity contribution in [3.05, 3.63) is 109 Å². The molecule has 0 spiro atoms. The summed E-state index contributed by atoms with van der Waals surface area (Å²) in [6.45, 7) is 3.67. The molecule has 0 bridgehead atoms. The van der Waals surface area contributed by atoms with Gasteiger partial charge in [-0.15, -0.1) is 0 Å². The summed E-state index contributed by atoms with van der Waals surface area (Å²) in [6.07, 6.45) is 112. The van der Waals surface area contributed by atoms with Crippen LogP contribution in [0.25, 0.3) is 0 Å². The summed E-state index contributed by atoms with van der Waals surface area (Å²) in [5.74, 6) is -0.831. The molecule has 3 N–H and O–H groups in total. The van der Waals surface area contributed by atoms with E-state index < -0.39 is 26.5 Å². The molecular weight excluding hydrogens is 1210 g/mol. The second-order valence-electron chi connectivity index (χ2n) is 27.3. The van der Waals surface area contributed by atoms with Crippen LogP contribution in [0, 0.1) is 0 Å². The van der Waals surface area contributed by atoms with Crippen LogP contribution in [0.3, 0.4) is 0 Å². The minimum absolute atomic E-state index is 0.0480. The summed E-state index contributed by atoms with van der Waals surface area (Å²) in [5, 5.41) is 0. The molecule has 10 heteroatoms. The topological polar surface area (TPSA) is 134 Å². The van der Waals surface area contributed by atoms with E-state index in [-0.39, 0.29) is 38.6 Å². The second kappa shape index (κ2) is 80.6. The van der Waals surface area contributed by atoms with Crippen molar-refractivity contribution in [1.82, 2.24) is 0 Å². The number of phosphoric acid groups is 1. The first kappa shape index (κ1) is 92.7. The quantitative estimate of drug-likeness (QED) is 0.0264. The lowest BCUT2D eigenvalue weighted by atomic mass is 10.0. The predicted molar refractivity (Wildman–Crippen MR) is 418 cm³/mol. The van der Waals surface area contributed by atoms with Crippen LogP contribution in [-0.2, 0) is 32.7 Å². The van der Waals surface area contributed by atoms with Gasteiger partial charge < -0.3 is 20.1 Å². The molecule has 0 amide bonds. The van der Waals surface area contributed by atoms with E-state index in [9.17, 15) is 19.0 Å². The standard InChI is InChI=1S/C86H154NO8P/c1-3-5-7-9-11-13-15-17-19-21-23-25-27-29-31-33-35-37-39-40-41-42-43-45-46-48-50-52-54-56-58-60-62-64-66-68-70-72-74-76-78-85(88)92-82-84(83-94-96(90,91)93-81-80-87)95-86(89)79-77-75-73-71-69-67-65-63-61-59-57-55-53-51-49-47-44-38-36-34-32-30-28-26-24-22-20-18-16-14-12-10-8-6-4-2/h6,8,12,14,18,20,24,26,30,32,36,38,47,49,53,55,59,61,84H,3-5,7,9-11,13,15-17,19,21-23,25,27-29,31,33-35,37,39-46,48,50-52,54,56-58,60,62-83,87H2,1-2H3,(H,90,91)/b8-6-,14-12-,20-18-,26-24-,32-30-,38-36-,49-47-,55-53-,61-59-. The number of carbonyl (C=O) groups excluding carboxylic acids is 2. The van der Waals surface area contributed by atoms with Gasteiger partial charge >= 0.3 is 19.8 Å². The van der Waals surface area contributed by atoms with Crippen LogP contribution in [0.1, 0.15) is 393 Å². The van der Waals surface area contributed by atoms with Gasteiger partial charge in [0.25, 0.3) is 0 Å². The molecule has 556 valence electrons. The average Bonchev–Trinajstić information content (AvgIpc) is 3.50. The molecule has 0 aromatic carbocycles. The fraction of sp³-hybridized carbons (Fsp3) is 0.767. The van der Waals surface area contributed by atoms with Gasteiger partial charge in [0.1, 0.15) is 6.61 Å². The summed E-state index contributed by atoms with van der Waals surface area (Å²) in [7, 11) is -4.41. The average molecular weight is 1360 g/mol. The molecular formula is C86H154NO8P. The van der Waals surface area contributed by atoms with E-state index in [1.54, 1.807) is 0 Å². The molecule has 0 aliphatic heterocycles. The maximum absolute atomic E-state index is 12.8. The highest BCUT2D eigenvalue weighted by Gasteiger charge is 2.26. The van der Waals surface area contributed by atoms with Crippen molar-refractivity contribution in [3.8, 4) is 0 Å². The van der Waals surface area contributed by atoms with E-state index in [2.05, 4.69) is 123 Å². The zero-order valence-electron chi connectivity index (χ0n) is 62.8. The van der Waals surface area contributed by atoms with E-state index >= 15 is 0 Å². The Labute approximate surface area is 594 Å². The maximum atomic E-state index is 12.8. The molecule has 0 saturated carbocycles. The van der Waals surface area contributed by atoms with Gasteiger partial charge in [-0.3, -0.25) is 18.6 Å². The highest BCUT2D eigenvalue weighted by atomic mass is 31.2. The first-order valence-electron chi connectivity index (χ1n) is 40.9. The molecule has 0 aliphatic carbocycles. The molecule has 2 atom stereocenters. The fourth-order valence-electron chi connectivity index (χ4n) is 11.9. The number of nitrogens with two attached hydrogens (primary N) is 1. The summed E-state index contributed by atoms with van der Waals surface area (Å²) in [5.41, 5.74) is 5.41. The molecule has 0 saturated heterocycles. The van der Waals surface area contributed by atoms with Crippen LogP contribution < -0.4 is 5.73 Å². The van der Waals surface area contributed by atoms with Crippen molar-refractivity contribution in [2.24, 2.45) is 5.73 Å². The summed E-state index contributed by atoms with van der Waals surface area (Å²) >= 11 is 0. The summed E-state index contributed by atoms with van der Waals surface area (Å²) in [4.78, 5) is 35.5. The fourth-order valence-corrected chi connectivity index (χ4v) is 12.7. The number of esters is 2.